The fraction of sp³-hybridized carbons (Fsp3) is 0.714. The van der Waals surface area contributed by atoms with E-state index in [1.807, 2.05) is 0 Å². The first-order valence-electron chi connectivity index (χ1n) is 9.85. The lowest BCUT2D eigenvalue weighted by Gasteiger charge is -2.23. The van der Waals surface area contributed by atoms with Crippen molar-refractivity contribution in [2.24, 2.45) is 5.73 Å². The van der Waals surface area contributed by atoms with Gasteiger partial charge in [0.2, 0.25) is 0 Å². The van der Waals surface area contributed by atoms with Crippen molar-refractivity contribution in [3.8, 4) is 0 Å². The Labute approximate surface area is 144 Å². The van der Waals surface area contributed by atoms with Gasteiger partial charge in [-0.15, -0.1) is 0 Å². The van der Waals surface area contributed by atoms with Gasteiger partial charge in [0.25, 0.3) is 0 Å². The molecule has 0 aromatic heterocycles. The average Bonchev–Trinajstić information content (AvgIpc) is 2.60. The van der Waals surface area contributed by atoms with Crippen molar-refractivity contribution < 1.29 is 0 Å². The molecule has 0 fully saturated rings. The van der Waals surface area contributed by atoms with Gasteiger partial charge in [-0.1, -0.05) is 76.8 Å². The third-order valence-corrected chi connectivity index (χ3v) is 4.67. The molecular weight excluding hydrogens is 280 g/mol. The maximum atomic E-state index is 5.75. The van der Waals surface area contributed by atoms with Crippen molar-refractivity contribution in [3.63, 3.8) is 0 Å². The number of rotatable bonds is 14. The van der Waals surface area contributed by atoms with Gasteiger partial charge in [0.05, 0.1) is 0 Å². The van der Waals surface area contributed by atoms with Gasteiger partial charge < -0.3 is 10.6 Å². The van der Waals surface area contributed by atoms with Crippen LogP contribution < -0.4 is 10.6 Å². The lowest BCUT2D eigenvalue weighted by Crippen LogP contribution is -2.24. The molecule has 1 aromatic rings. The maximum Gasteiger partial charge on any atom is 0.0369 e. The minimum atomic E-state index is 0.629. The molecule has 0 heterocycles. The van der Waals surface area contributed by atoms with Gasteiger partial charge in [0, 0.05) is 25.3 Å². The Hall–Kier alpha value is -1.02. The number of benzene rings is 1. The summed E-state index contributed by atoms with van der Waals surface area (Å²) in [6, 6.07) is 8.68. The van der Waals surface area contributed by atoms with Crippen molar-refractivity contribution >= 4 is 5.69 Å². The minimum absolute atomic E-state index is 0.629. The number of hydrogen-bond acceptors (Lipinski definition) is 2. The number of hydrogen-bond donors (Lipinski definition) is 1. The monoisotopic (exact) mass is 318 g/mol. The van der Waals surface area contributed by atoms with E-state index in [0.29, 0.717) is 6.54 Å². The molecule has 0 aliphatic heterocycles. The van der Waals surface area contributed by atoms with E-state index >= 15 is 0 Å². The Bertz CT molecular complexity index is 389. The van der Waals surface area contributed by atoms with Crippen LogP contribution in [0.4, 0.5) is 5.69 Å². The lowest BCUT2D eigenvalue weighted by atomic mass is 10.1. The third-order valence-electron chi connectivity index (χ3n) is 4.67. The first-order valence-corrected chi connectivity index (χ1v) is 9.85. The summed E-state index contributed by atoms with van der Waals surface area (Å²) in [5, 5.41) is 0. The standard InChI is InChI=1S/C21H38N2/c1-3-5-6-7-8-9-10-11-12-13-17-23(4-2)21-16-14-15-20(18-21)19-22/h14-16,18H,3-13,17,19,22H2,1-2H3. The molecule has 0 amide bonds. The van der Waals surface area contributed by atoms with Crippen LogP contribution in [0.25, 0.3) is 0 Å². The van der Waals surface area contributed by atoms with E-state index in [9.17, 15) is 0 Å². The Morgan fingerprint density at radius 1 is 0.826 bits per heavy atom. The Morgan fingerprint density at radius 3 is 2.00 bits per heavy atom. The Kier molecular flexibility index (Phi) is 11.7. The van der Waals surface area contributed by atoms with E-state index in [-0.39, 0.29) is 0 Å². The van der Waals surface area contributed by atoms with Crippen LogP contribution in [0.15, 0.2) is 24.3 Å². The van der Waals surface area contributed by atoms with E-state index in [2.05, 4.69) is 43.0 Å². The zero-order valence-corrected chi connectivity index (χ0v) is 15.5. The van der Waals surface area contributed by atoms with Crippen LogP contribution in [0, 0.1) is 0 Å². The second-order valence-corrected chi connectivity index (χ2v) is 6.64. The molecule has 0 unspecified atom stereocenters. The largest absolute Gasteiger partial charge is 0.372 e. The molecule has 2 nitrogen and oxygen atoms in total. The molecule has 0 saturated heterocycles. The SMILES string of the molecule is CCCCCCCCCCCCN(CC)c1cccc(CN)c1. The zero-order valence-electron chi connectivity index (χ0n) is 15.5. The van der Waals surface area contributed by atoms with Crippen molar-refractivity contribution in [1.82, 2.24) is 0 Å². The fourth-order valence-electron chi connectivity index (χ4n) is 3.14. The van der Waals surface area contributed by atoms with E-state index in [0.717, 1.165) is 6.54 Å². The molecule has 0 aliphatic rings. The molecular formula is C21H38N2. The molecule has 2 heteroatoms. The van der Waals surface area contributed by atoms with Crippen molar-refractivity contribution in [1.29, 1.82) is 0 Å². The van der Waals surface area contributed by atoms with Gasteiger partial charge in [0.1, 0.15) is 0 Å². The quantitative estimate of drug-likeness (QED) is 0.433. The van der Waals surface area contributed by atoms with E-state index < -0.39 is 0 Å². The molecule has 0 aliphatic carbocycles. The van der Waals surface area contributed by atoms with Crippen LogP contribution in [0.5, 0.6) is 0 Å². The smallest absolute Gasteiger partial charge is 0.0369 e. The summed E-state index contributed by atoms with van der Waals surface area (Å²) in [5.74, 6) is 0. The summed E-state index contributed by atoms with van der Waals surface area (Å²) in [6.45, 7) is 7.40. The normalized spacial score (nSPS) is 10.9. The molecule has 1 rings (SSSR count). The summed E-state index contributed by atoms with van der Waals surface area (Å²) < 4.78 is 0. The number of unbranched alkanes of at least 4 members (excludes halogenated alkanes) is 9. The van der Waals surface area contributed by atoms with Crippen molar-refractivity contribution in [3.05, 3.63) is 29.8 Å². The van der Waals surface area contributed by atoms with Crippen LogP contribution in [-0.4, -0.2) is 13.1 Å². The fourth-order valence-corrected chi connectivity index (χ4v) is 3.14. The zero-order chi connectivity index (χ0) is 16.8. The summed E-state index contributed by atoms with van der Waals surface area (Å²) in [5.41, 5.74) is 8.30. The van der Waals surface area contributed by atoms with Gasteiger partial charge in [-0.2, -0.15) is 0 Å². The topological polar surface area (TPSA) is 29.3 Å². The third kappa shape index (κ3) is 9.00. The highest BCUT2D eigenvalue weighted by Gasteiger charge is 2.04. The maximum absolute atomic E-state index is 5.75. The predicted molar refractivity (Wildman–Crippen MR) is 104 cm³/mol. The van der Waals surface area contributed by atoms with E-state index in [4.69, 9.17) is 5.73 Å². The molecule has 2 N–H and O–H groups in total. The van der Waals surface area contributed by atoms with E-state index in [1.54, 1.807) is 0 Å². The molecule has 132 valence electrons. The number of anilines is 1. The highest BCUT2D eigenvalue weighted by molar-refractivity contribution is 5.48. The summed E-state index contributed by atoms with van der Waals surface area (Å²) in [7, 11) is 0. The second kappa shape index (κ2) is 13.4. The highest BCUT2D eigenvalue weighted by atomic mass is 15.1. The highest BCUT2D eigenvalue weighted by Crippen LogP contribution is 2.17. The van der Waals surface area contributed by atoms with Gasteiger partial charge in [0.15, 0.2) is 0 Å². The van der Waals surface area contributed by atoms with Crippen LogP contribution >= 0.6 is 0 Å². The molecule has 0 radical (unpaired) electrons. The molecule has 23 heavy (non-hydrogen) atoms. The van der Waals surface area contributed by atoms with Crippen LogP contribution in [0.2, 0.25) is 0 Å². The number of nitrogens with zero attached hydrogens (tertiary/aromatic N) is 1. The Morgan fingerprint density at radius 2 is 1.43 bits per heavy atom. The first kappa shape index (κ1) is 20.0. The van der Waals surface area contributed by atoms with Crippen LogP contribution in [0.1, 0.15) is 83.6 Å². The molecule has 1 aromatic carbocycles. The minimum Gasteiger partial charge on any atom is -0.372 e. The first-order chi connectivity index (χ1) is 11.3. The van der Waals surface area contributed by atoms with Gasteiger partial charge >= 0.3 is 0 Å². The van der Waals surface area contributed by atoms with Gasteiger partial charge in [-0.3, -0.25) is 0 Å². The molecule has 0 atom stereocenters. The summed E-state index contributed by atoms with van der Waals surface area (Å²) >= 11 is 0. The second-order valence-electron chi connectivity index (χ2n) is 6.64. The van der Waals surface area contributed by atoms with E-state index in [1.165, 1.54) is 82.0 Å². The Balaban J connectivity index is 2.11. The van der Waals surface area contributed by atoms with Crippen molar-refractivity contribution in [2.45, 2.75) is 84.6 Å². The predicted octanol–water partition coefficient (Wildman–Crippen LogP) is 5.89. The number of nitrogens with two attached hydrogens (primary N) is 1. The van der Waals surface area contributed by atoms with Crippen LogP contribution in [-0.2, 0) is 6.54 Å². The molecule has 0 saturated carbocycles. The van der Waals surface area contributed by atoms with Gasteiger partial charge in [-0.05, 0) is 31.0 Å². The van der Waals surface area contributed by atoms with Crippen LogP contribution in [0.3, 0.4) is 0 Å². The lowest BCUT2D eigenvalue weighted by molar-refractivity contribution is 0.554. The molecule has 0 spiro atoms. The average molecular weight is 319 g/mol. The summed E-state index contributed by atoms with van der Waals surface area (Å²) in [6.07, 6.45) is 14.0. The van der Waals surface area contributed by atoms with Crippen molar-refractivity contribution in [2.75, 3.05) is 18.0 Å². The van der Waals surface area contributed by atoms with Gasteiger partial charge in [-0.25, -0.2) is 0 Å². The summed E-state index contributed by atoms with van der Waals surface area (Å²) in [4.78, 5) is 2.48. The molecule has 0 bridgehead atoms.